The van der Waals surface area contributed by atoms with E-state index >= 15 is 0 Å². The molecule has 0 unspecified atom stereocenters. The molecule has 1 aromatic rings. The minimum absolute atomic E-state index is 0.0928. The number of likely N-dealkylation sites (tertiary alicyclic amines) is 1. The zero-order valence-corrected chi connectivity index (χ0v) is 13.6. The molecule has 2 aliphatic heterocycles. The van der Waals surface area contributed by atoms with Crippen LogP contribution in [-0.2, 0) is 16.0 Å². The largest absolute Gasteiger partial charge is 0.481 e. The van der Waals surface area contributed by atoms with Crippen LogP contribution in [0.25, 0.3) is 0 Å². The fraction of sp³-hybridized carbons (Fsp3) is 0.667. The van der Waals surface area contributed by atoms with E-state index in [0.717, 1.165) is 17.1 Å². The fourth-order valence-corrected chi connectivity index (χ4v) is 4.37. The molecule has 1 N–H and O–H groups in total. The number of hydrogen-bond acceptors (Lipinski definition) is 5. The summed E-state index contributed by atoms with van der Waals surface area (Å²) in [5.41, 5.74) is -0.109. The van der Waals surface area contributed by atoms with Crippen molar-refractivity contribution in [2.24, 2.45) is 11.3 Å². The number of aliphatic carboxylic acids is 1. The van der Waals surface area contributed by atoms with Crippen molar-refractivity contribution in [1.82, 2.24) is 9.88 Å². The van der Waals surface area contributed by atoms with Crippen LogP contribution in [0, 0.1) is 18.3 Å². The topological polar surface area (TPSA) is 79.7 Å². The molecule has 2 atom stereocenters. The minimum atomic E-state index is -0.847. The molecule has 3 rings (SSSR count). The summed E-state index contributed by atoms with van der Waals surface area (Å²) in [6, 6.07) is 0. The van der Waals surface area contributed by atoms with Crippen molar-refractivity contribution in [3.05, 3.63) is 15.6 Å². The summed E-state index contributed by atoms with van der Waals surface area (Å²) in [5.74, 6) is -1.03. The molecule has 1 amide bonds. The molecule has 22 heavy (non-hydrogen) atoms. The smallest absolute Gasteiger partial charge is 0.311 e. The summed E-state index contributed by atoms with van der Waals surface area (Å²) in [4.78, 5) is 31.2. The zero-order chi connectivity index (χ0) is 15.9. The summed E-state index contributed by atoms with van der Waals surface area (Å²) in [5, 5.41) is 10.6. The van der Waals surface area contributed by atoms with Crippen molar-refractivity contribution < 1.29 is 19.4 Å². The normalized spacial score (nSPS) is 27.7. The van der Waals surface area contributed by atoms with E-state index in [0.29, 0.717) is 31.1 Å². The SMILES string of the molecule is CCc1nc(C)c(C(=O)N2C[C@H]3COCC[C@@]3(C(=O)O)C2)s1. The van der Waals surface area contributed by atoms with Gasteiger partial charge in [-0.15, -0.1) is 11.3 Å². The number of carboxylic acids is 1. The van der Waals surface area contributed by atoms with E-state index in [1.165, 1.54) is 11.3 Å². The summed E-state index contributed by atoms with van der Waals surface area (Å²) < 4.78 is 5.43. The molecule has 3 heterocycles. The quantitative estimate of drug-likeness (QED) is 0.913. The first-order valence-electron chi connectivity index (χ1n) is 7.54. The van der Waals surface area contributed by atoms with Gasteiger partial charge in [-0.2, -0.15) is 0 Å². The lowest BCUT2D eigenvalue weighted by atomic mass is 9.74. The molecule has 7 heteroatoms. The van der Waals surface area contributed by atoms with Gasteiger partial charge in [0.25, 0.3) is 5.91 Å². The molecule has 120 valence electrons. The lowest BCUT2D eigenvalue weighted by molar-refractivity contribution is -0.157. The van der Waals surface area contributed by atoms with Crippen molar-refractivity contribution in [2.75, 3.05) is 26.3 Å². The average molecular weight is 324 g/mol. The Hall–Kier alpha value is -1.47. The molecule has 0 saturated carbocycles. The Bertz CT molecular complexity index is 615. The number of nitrogens with zero attached hydrogens (tertiary/aromatic N) is 2. The van der Waals surface area contributed by atoms with Gasteiger partial charge >= 0.3 is 5.97 Å². The number of rotatable bonds is 3. The van der Waals surface area contributed by atoms with E-state index in [2.05, 4.69) is 4.98 Å². The minimum Gasteiger partial charge on any atom is -0.481 e. The molecule has 0 aliphatic carbocycles. The van der Waals surface area contributed by atoms with Crippen molar-refractivity contribution in [3.63, 3.8) is 0 Å². The third kappa shape index (κ3) is 2.32. The van der Waals surface area contributed by atoms with Crippen molar-refractivity contribution in [1.29, 1.82) is 0 Å². The summed E-state index contributed by atoms with van der Waals surface area (Å²) in [6.45, 7) is 5.43. The van der Waals surface area contributed by atoms with Crippen molar-refractivity contribution in [2.45, 2.75) is 26.7 Å². The summed E-state index contributed by atoms with van der Waals surface area (Å²) in [7, 11) is 0. The molecule has 1 aromatic heterocycles. The van der Waals surface area contributed by atoms with Gasteiger partial charge in [0.05, 0.1) is 22.7 Å². The number of amides is 1. The molecule has 6 nitrogen and oxygen atoms in total. The van der Waals surface area contributed by atoms with Crippen LogP contribution in [0.2, 0.25) is 0 Å². The lowest BCUT2D eigenvalue weighted by Crippen LogP contribution is -2.45. The van der Waals surface area contributed by atoms with Gasteiger partial charge in [0.15, 0.2) is 0 Å². The van der Waals surface area contributed by atoms with Gasteiger partial charge in [-0.3, -0.25) is 9.59 Å². The number of thiazole rings is 1. The third-order valence-corrected chi connectivity index (χ3v) is 6.05. The molecule has 0 bridgehead atoms. The number of aromatic nitrogens is 1. The molecular formula is C15H20N2O4S. The summed E-state index contributed by atoms with van der Waals surface area (Å²) >= 11 is 1.41. The maximum atomic E-state index is 12.8. The number of ether oxygens (including phenoxy) is 1. The Morgan fingerprint density at radius 3 is 2.91 bits per heavy atom. The Morgan fingerprint density at radius 2 is 2.32 bits per heavy atom. The second kappa shape index (κ2) is 5.62. The first-order valence-corrected chi connectivity index (χ1v) is 8.36. The van der Waals surface area contributed by atoms with Gasteiger partial charge in [-0.05, 0) is 19.8 Å². The van der Waals surface area contributed by atoms with Gasteiger partial charge in [0.1, 0.15) is 4.88 Å². The van der Waals surface area contributed by atoms with Gasteiger partial charge < -0.3 is 14.7 Å². The first kappa shape index (κ1) is 15.4. The maximum absolute atomic E-state index is 12.8. The Morgan fingerprint density at radius 1 is 1.55 bits per heavy atom. The number of aryl methyl sites for hydroxylation is 2. The maximum Gasteiger partial charge on any atom is 0.311 e. The monoisotopic (exact) mass is 324 g/mol. The van der Waals surface area contributed by atoms with Crippen molar-refractivity contribution >= 4 is 23.2 Å². The van der Waals surface area contributed by atoms with Gasteiger partial charge in [-0.1, -0.05) is 6.92 Å². The van der Waals surface area contributed by atoms with Gasteiger partial charge in [-0.25, -0.2) is 4.98 Å². The highest BCUT2D eigenvalue weighted by molar-refractivity contribution is 7.13. The number of carboxylic acid groups (broad SMARTS) is 1. The van der Waals surface area contributed by atoms with Gasteiger partial charge in [0, 0.05) is 25.6 Å². The Balaban J connectivity index is 1.85. The zero-order valence-electron chi connectivity index (χ0n) is 12.8. The molecule has 0 aromatic carbocycles. The number of fused-ring (bicyclic) bond motifs is 1. The Labute approximate surface area is 133 Å². The number of carbonyl (C=O) groups is 2. The van der Waals surface area contributed by atoms with E-state index in [1.54, 1.807) is 4.90 Å². The highest BCUT2D eigenvalue weighted by Gasteiger charge is 2.55. The van der Waals surface area contributed by atoms with Crippen LogP contribution >= 0.6 is 11.3 Å². The lowest BCUT2D eigenvalue weighted by Gasteiger charge is -2.33. The Kier molecular flexibility index (Phi) is 3.94. The van der Waals surface area contributed by atoms with E-state index in [4.69, 9.17) is 4.74 Å². The molecular weight excluding hydrogens is 304 g/mol. The van der Waals surface area contributed by atoms with Crippen LogP contribution in [0.15, 0.2) is 0 Å². The summed E-state index contributed by atoms with van der Waals surface area (Å²) in [6.07, 6.45) is 1.27. The predicted octanol–water partition coefficient (Wildman–Crippen LogP) is 1.58. The molecule has 2 fully saturated rings. The average Bonchev–Trinajstić information content (AvgIpc) is 3.07. The van der Waals surface area contributed by atoms with Crippen molar-refractivity contribution in [3.8, 4) is 0 Å². The second-order valence-electron chi connectivity index (χ2n) is 6.04. The van der Waals surface area contributed by atoms with Crippen LogP contribution < -0.4 is 0 Å². The van der Waals surface area contributed by atoms with E-state index in [9.17, 15) is 14.7 Å². The molecule has 2 aliphatic rings. The molecule has 0 radical (unpaired) electrons. The highest BCUT2D eigenvalue weighted by atomic mass is 32.1. The van der Waals surface area contributed by atoms with Crippen LogP contribution in [0.1, 0.15) is 33.7 Å². The first-order chi connectivity index (χ1) is 10.5. The fourth-order valence-electron chi connectivity index (χ4n) is 3.40. The second-order valence-corrected chi connectivity index (χ2v) is 7.13. The van der Waals surface area contributed by atoms with Crippen LogP contribution in [-0.4, -0.2) is 53.2 Å². The van der Waals surface area contributed by atoms with Crippen LogP contribution in [0.5, 0.6) is 0 Å². The standard InChI is InChI=1S/C15H20N2O4S/c1-3-11-16-9(2)12(22-11)13(18)17-6-10-7-21-5-4-15(10,8-17)14(19)20/h10H,3-8H2,1-2H3,(H,19,20)/t10-,15+/m0/s1. The van der Waals surface area contributed by atoms with Crippen LogP contribution in [0.4, 0.5) is 0 Å². The van der Waals surface area contributed by atoms with E-state index in [-0.39, 0.29) is 18.4 Å². The number of hydrogen-bond donors (Lipinski definition) is 1. The van der Waals surface area contributed by atoms with E-state index in [1.807, 2.05) is 13.8 Å². The predicted molar refractivity (Wildman–Crippen MR) is 81.1 cm³/mol. The highest BCUT2D eigenvalue weighted by Crippen LogP contribution is 2.43. The van der Waals surface area contributed by atoms with Crippen LogP contribution in [0.3, 0.4) is 0 Å². The van der Waals surface area contributed by atoms with E-state index < -0.39 is 11.4 Å². The molecule has 2 saturated heterocycles. The third-order valence-electron chi connectivity index (χ3n) is 4.76. The molecule has 0 spiro atoms. The number of carbonyl (C=O) groups excluding carboxylic acids is 1. The van der Waals surface area contributed by atoms with Gasteiger partial charge in [0.2, 0.25) is 0 Å².